The largest absolute Gasteiger partial charge is 0.299 e. The quantitative estimate of drug-likeness (QED) is 0.803. The van der Waals surface area contributed by atoms with E-state index in [1.165, 1.54) is 0 Å². The maximum Gasteiger partial charge on any atom is 0.166 e. The van der Waals surface area contributed by atoms with Crippen molar-refractivity contribution in [3.63, 3.8) is 0 Å². The van der Waals surface area contributed by atoms with E-state index in [9.17, 15) is 13.2 Å². The highest BCUT2D eigenvalue weighted by molar-refractivity contribution is 5.21. The Labute approximate surface area is 133 Å². The number of hydrogen-bond acceptors (Lipinski definition) is 2. The number of benzene rings is 1. The fourth-order valence-corrected chi connectivity index (χ4v) is 3.10. The molecule has 23 heavy (non-hydrogen) atoms. The van der Waals surface area contributed by atoms with Gasteiger partial charge in [-0.2, -0.15) is 5.10 Å². The van der Waals surface area contributed by atoms with Crippen LogP contribution >= 0.6 is 0 Å². The molecule has 0 aliphatic carbocycles. The van der Waals surface area contributed by atoms with Gasteiger partial charge in [0.2, 0.25) is 0 Å². The summed E-state index contributed by atoms with van der Waals surface area (Å²) >= 11 is 0. The topological polar surface area (TPSA) is 21.1 Å². The van der Waals surface area contributed by atoms with Crippen LogP contribution in [-0.4, -0.2) is 27.8 Å². The molecule has 1 fully saturated rings. The summed E-state index contributed by atoms with van der Waals surface area (Å²) in [5, 5.41) is 4.29. The van der Waals surface area contributed by atoms with E-state index in [0.29, 0.717) is 5.92 Å². The fourth-order valence-electron chi connectivity index (χ4n) is 3.10. The smallest absolute Gasteiger partial charge is 0.166 e. The van der Waals surface area contributed by atoms with Crippen LogP contribution in [0.15, 0.2) is 24.5 Å². The van der Waals surface area contributed by atoms with Gasteiger partial charge in [0.25, 0.3) is 0 Å². The van der Waals surface area contributed by atoms with Gasteiger partial charge in [-0.05, 0) is 56.5 Å². The van der Waals surface area contributed by atoms with E-state index in [1.54, 1.807) is 0 Å². The van der Waals surface area contributed by atoms with E-state index >= 15 is 0 Å². The molecule has 0 bridgehead atoms. The number of rotatable bonds is 4. The SMILES string of the molecule is Cc1cnn(CC2CCN(Cc3c(F)ccc(F)c3F)CC2)c1. The summed E-state index contributed by atoms with van der Waals surface area (Å²) in [6.07, 6.45) is 5.74. The van der Waals surface area contributed by atoms with Gasteiger partial charge in [0.05, 0.1) is 6.20 Å². The maximum atomic E-state index is 13.7. The predicted octanol–water partition coefficient (Wildman–Crippen LogP) is 3.52. The lowest BCUT2D eigenvalue weighted by atomic mass is 9.96. The van der Waals surface area contributed by atoms with Gasteiger partial charge in [-0.15, -0.1) is 0 Å². The molecule has 0 saturated carbocycles. The summed E-state index contributed by atoms with van der Waals surface area (Å²) in [5.41, 5.74) is 0.964. The molecule has 0 radical (unpaired) electrons. The lowest BCUT2D eigenvalue weighted by molar-refractivity contribution is 0.161. The zero-order chi connectivity index (χ0) is 16.4. The van der Waals surface area contributed by atoms with Gasteiger partial charge in [-0.1, -0.05) is 0 Å². The Morgan fingerprint density at radius 3 is 2.48 bits per heavy atom. The van der Waals surface area contributed by atoms with E-state index in [0.717, 1.165) is 50.2 Å². The monoisotopic (exact) mass is 323 g/mol. The summed E-state index contributed by atoms with van der Waals surface area (Å²) in [6.45, 7) is 4.49. The molecule has 3 nitrogen and oxygen atoms in total. The summed E-state index contributed by atoms with van der Waals surface area (Å²) < 4.78 is 42.6. The number of piperidine rings is 1. The normalized spacial score (nSPS) is 16.9. The molecular formula is C17H20F3N3. The first-order valence-electron chi connectivity index (χ1n) is 7.86. The van der Waals surface area contributed by atoms with Crippen LogP contribution in [0.5, 0.6) is 0 Å². The number of hydrogen-bond donors (Lipinski definition) is 0. The van der Waals surface area contributed by atoms with Gasteiger partial charge in [0.15, 0.2) is 11.6 Å². The van der Waals surface area contributed by atoms with Gasteiger partial charge < -0.3 is 0 Å². The summed E-state index contributed by atoms with van der Waals surface area (Å²) in [7, 11) is 0. The molecule has 3 rings (SSSR count). The van der Waals surface area contributed by atoms with Crippen molar-refractivity contribution in [3.8, 4) is 0 Å². The lowest BCUT2D eigenvalue weighted by Gasteiger charge is -2.32. The van der Waals surface area contributed by atoms with Gasteiger partial charge in [-0.25, -0.2) is 13.2 Å². The van der Waals surface area contributed by atoms with Gasteiger partial charge in [-0.3, -0.25) is 9.58 Å². The summed E-state index contributed by atoms with van der Waals surface area (Å²) in [6, 6.07) is 1.81. The highest BCUT2D eigenvalue weighted by atomic mass is 19.2. The second-order valence-corrected chi connectivity index (χ2v) is 6.28. The molecule has 0 amide bonds. The molecule has 1 aliphatic heterocycles. The van der Waals surface area contributed by atoms with Crippen LogP contribution in [0.3, 0.4) is 0 Å². The molecule has 0 spiro atoms. The average Bonchev–Trinajstić information content (AvgIpc) is 2.94. The average molecular weight is 323 g/mol. The van der Waals surface area contributed by atoms with Crippen LogP contribution in [0, 0.1) is 30.3 Å². The van der Waals surface area contributed by atoms with E-state index in [1.807, 2.05) is 28.9 Å². The lowest BCUT2D eigenvalue weighted by Crippen LogP contribution is -2.35. The van der Waals surface area contributed by atoms with E-state index in [-0.39, 0.29) is 12.1 Å². The predicted molar refractivity (Wildman–Crippen MR) is 81.3 cm³/mol. The van der Waals surface area contributed by atoms with Crippen LogP contribution in [-0.2, 0) is 13.1 Å². The first kappa shape index (κ1) is 16.1. The molecule has 1 aromatic heterocycles. The minimum Gasteiger partial charge on any atom is -0.299 e. The molecule has 0 atom stereocenters. The van der Waals surface area contributed by atoms with E-state index in [4.69, 9.17) is 0 Å². The first-order chi connectivity index (χ1) is 11.0. The Hall–Kier alpha value is -1.82. The third kappa shape index (κ3) is 3.75. The molecule has 6 heteroatoms. The molecule has 124 valence electrons. The second-order valence-electron chi connectivity index (χ2n) is 6.28. The molecule has 0 unspecified atom stereocenters. The molecule has 1 aromatic carbocycles. The Morgan fingerprint density at radius 2 is 1.83 bits per heavy atom. The van der Waals surface area contributed by atoms with Crippen LogP contribution < -0.4 is 0 Å². The maximum absolute atomic E-state index is 13.7. The zero-order valence-electron chi connectivity index (χ0n) is 13.1. The molecule has 2 aromatic rings. The third-order valence-corrected chi connectivity index (χ3v) is 4.44. The van der Waals surface area contributed by atoms with Crippen molar-refractivity contribution in [2.45, 2.75) is 32.9 Å². The Balaban J connectivity index is 1.56. The van der Waals surface area contributed by atoms with Gasteiger partial charge >= 0.3 is 0 Å². The summed E-state index contributed by atoms with van der Waals surface area (Å²) in [5.74, 6) is -2.24. The fraction of sp³-hybridized carbons (Fsp3) is 0.471. The molecule has 1 saturated heterocycles. The molecule has 0 N–H and O–H groups in total. The van der Waals surface area contributed by atoms with Crippen molar-refractivity contribution in [2.24, 2.45) is 5.92 Å². The highest BCUT2D eigenvalue weighted by Gasteiger charge is 2.23. The van der Waals surface area contributed by atoms with Crippen molar-refractivity contribution in [1.29, 1.82) is 0 Å². The van der Waals surface area contributed by atoms with Crippen molar-refractivity contribution in [3.05, 3.63) is 53.1 Å². The van der Waals surface area contributed by atoms with E-state index < -0.39 is 17.5 Å². The Kier molecular flexibility index (Phi) is 4.71. The summed E-state index contributed by atoms with van der Waals surface area (Å²) in [4.78, 5) is 1.98. The highest BCUT2D eigenvalue weighted by Crippen LogP contribution is 2.23. The number of halogens is 3. The van der Waals surface area contributed by atoms with Crippen LogP contribution in [0.2, 0.25) is 0 Å². The minimum atomic E-state index is -1.07. The van der Waals surface area contributed by atoms with Gasteiger partial charge in [0.1, 0.15) is 5.82 Å². The number of aromatic nitrogens is 2. The van der Waals surface area contributed by atoms with Crippen molar-refractivity contribution >= 4 is 0 Å². The standard InChI is InChI=1S/C17H20F3N3/c1-12-8-21-23(9-12)10-13-4-6-22(7-5-13)11-14-15(18)2-3-16(19)17(14)20/h2-3,8-9,13H,4-7,10-11H2,1H3. The number of nitrogens with zero attached hydrogens (tertiary/aromatic N) is 3. The van der Waals surface area contributed by atoms with Crippen molar-refractivity contribution < 1.29 is 13.2 Å². The zero-order valence-corrected chi connectivity index (χ0v) is 13.1. The number of likely N-dealkylation sites (tertiary alicyclic amines) is 1. The molecular weight excluding hydrogens is 303 g/mol. The molecule has 1 aliphatic rings. The molecule has 2 heterocycles. The van der Waals surface area contributed by atoms with Crippen LogP contribution in [0.1, 0.15) is 24.0 Å². The van der Waals surface area contributed by atoms with Crippen LogP contribution in [0.4, 0.5) is 13.2 Å². The van der Waals surface area contributed by atoms with Crippen LogP contribution in [0.25, 0.3) is 0 Å². The Morgan fingerprint density at radius 1 is 1.13 bits per heavy atom. The Bertz CT molecular complexity index is 676. The van der Waals surface area contributed by atoms with E-state index in [2.05, 4.69) is 5.10 Å². The number of aryl methyl sites for hydroxylation is 1. The van der Waals surface area contributed by atoms with Gasteiger partial charge in [0, 0.05) is 24.8 Å². The minimum absolute atomic E-state index is 0.114. The van der Waals surface area contributed by atoms with Crippen molar-refractivity contribution in [2.75, 3.05) is 13.1 Å². The van der Waals surface area contributed by atoms with Crippen molar-refractivity contribution in [1.82, 2.24) is 14.7 Å². The third-order valence-electron chi connectivity index (χ3n) is 4.44. The first-order valence-corrected chi connectivity index (χ1v) is 7.86. The second kappa shape index (κ2) is 6.74.